The van der Waals surface area contributed by atoms with Gasteiger partial charge in [-0.2, -0.15) is 0 Å². The smallest absolute Gasteiger partial charge is 0.407 e. The number of ether oxygens (including phenoxy) is 1. The number of carbonyl (C=O) groups excluding carboxylic acids is 1. The lowest BCUT2D eigenvalue weighted by molar-refractivity contribution is 0.0491. The van der Waals surface area contributed by atoms with E-state index in [1.165, 1.54) is 0 Å². The Morgan fingerprint density at radius 1 is 1.38 bits per heavy atom. The summed E-state index contributed by atoms with van der Waals surface area (Å²) in [6, 6.07) is 0. The molecule has 0 aliphatic rings. The van der Waals surface area contributed by atoms with Gasteiger partial charge in [0, 0.05) is 19.6 Å². The zero-order valence-corrected chi connectivity index (χ0v) is 10.1. The summed E-state index contributed by atoms with van der Waals surface area (Å²) in [4.78, 5) is 11.2. The van der Waals surface area contributed by atoms with Crippen LogP contribution >= 0.6 is 0 Å². The highest BCUT2D eigenvalue weighted by molar-refractivity contribution is 5.67. The van der Waals surface area contributed by atoms with Crippen molar-refractivity contribution in [2.75, 3.05) is 26.2 Å². The first-order valence-electron chi connectivity index (χ1n) is 5.31. The van der Waals surface area contributed by atoms with Gasteiger partial charge in [-0.1, -0.05) is 0 Å². The molecule has 0 aromatic heterocycles. The van der Waals surface area contributed by atoms with Crippen LogP contribution in [0, 0.1) is 0 Å². The largest absolute Gasteiger partial charge is 0.444 e. The maximum atomic E-state index is 11.2. The van der Waals surface area contributed by atoms with Crippen molar-refractivity contribution in [3.05, 3.63) is 0 Å². The van der Waals surface area contributed by atoms with Crippen molar-refractivity contribution in [1.29, 1.82) is 0 Å². The van der Waals surface area contributed by atoms with Crippen molar-refractivity contribution in [3.8, 4) is 0 Å². The van der Waals surface area contributed by atoms with Crippen LogP contribution in [0.1, 0.15) is 20.8 Å². The van der Waals surface area contributed by atoms with E-state index in [-0.39, 0.29) is 13.2 Å². The zero-order valence-electron chi connectivity index (χ0n) is 10.1. The standard InChI is InChI=1S/C10H22N2O4/c1-10(2,3)16-9(15)12-7-8(14)6-11-4-5-13/h8,11,13-14H,4-7H2,1-3H3,(H,12,15). The van der Waals surface area contributed by atoms with Gasteiger partial charge in [-0.25, -0.2) is 4.79 Å². The van der Waals surface area contributed by atoms with Crippen molar-refractivity contribution in [3.63, 3.8) is 0 Å². The van der Waals surface area contributed by atoms with Crippen molar-refractivity contribution in [2.45, 2.75) is 32.5 Å². The summed E-state index contributed by atoms with van der Waals surface area (Å²) in [5.74, 6) is 0. The summed E-state index contributed by atoms with van der Waals surface area (Å²) >= 11 is 0. The number of hydrogen-bond donors (Lipinski definition) is 4. The third kappa shape index (κ3) is 9.70. The highest BCUT2D eigenvalue weighted by atomic mass is 16.6. The minimum absolute atomic E-state index is 0.0201. The number of carbonyl (C=O) groups is 1. The van der Waals surface area contributed by atoms with E-state index in [2.05, 4.69) is 10.6 Å². The quantitative estimate of drug-likeness (QED) is 0.463. The third-order valence-electron chi connectivity index (χ3n) is 1.55. The van der Waals surface area contributed by atoms with Crippen molar-refractivity contribution in [1.82, 2.24) is 10.6 Å². The summed E-state index contributed by atoms with van der Waals surface area (Å²) in [5.41, 5.74) is -0.538. The summed E-state index contributed by atoms with van der Waals surface area (Å²) in [6.45, 7) is 6.18. The van der Waals surface area contributed by atoms with E-state index in [9.17, 15) is 9.90 Å². The van der Waals surface area contributed by atoms with Gasteiger partial charge in [-0.05, 0) is 20.8 Å². The minimum Gasteiger partial charge on any atom is -0.444 e. The molecular weight excluding hydrogens is 212 g/mol. The number of rotatable bonds is 6. The molecule has 1 atom stereocenters. The molecule has 0 heterocycles. The number of nitrogens with one attached hydrogen (secondary N) is 2. The average molecular weight is 234 g/mol. The number of amides is 1. The van der Waals surface area contributed by atoms with Crippen LogP contribution in [-0.4, -0.2) is 54.3 Å². The predicted molar refractivity (Wildman–Crippen MR) is 60.2 cm³/mol. The van der Waals surface area contributed by atoms with Gasteiger partial charge in [0.1, 0.15) is 5.60 Å². The molecule has 0 aromatic rings. The van der Waals surface area contributed by atoms with Gasteiger partial charge in [-0.3, -0.25) is 0 Å². The van der Waals surface area contributed by atoms with Crippen molar-refractivity contribution in [2.24, 2.45) is 0 Å². The van der Waals surface area contributed by atoms with E-state index >= 15 is 0 Å². The van der Waals surface area contributed by atoms with Gasteiger partial charge in [-0.15, -0.1) is 0 Å². The molecule has 6 heteroatoms. The fourth-order valence-electron chi connectivity index (χ4n) is 0.935. The third-order valence-corrected chi connectivity index (χ3v) is 1.55. The van der Waals surface area contributed by atoms with Crippen LogP contribution in [0.2, 0.25) is 0 Å². The van der Waals surface area contributed by atoms with Crippen LogP contribution in [0.15, 0.2) is 0 Å². The molecule has 0 rings (SSSR count). The molecule has 16 heavy (non-hydrogen) atoms. The summed E-state index contributed by atoms with van der Waals surface area (Å²) in [7, 11) is 0. The first-order chi connectivity index (χ1) is 7.35. The van der Waals surface area contributed by atoms with Crippen LogP contribution in [0.3, 0.4) is 0 Å². The second-order valence-electron chi connectivity index (χ2n) is 4.46. The Morgan fingerprint density at radius 3 is 2.50 bits per heavy atom. The van der Waals surface area contributed by atoms with E-state index in [4.69, 9.17) is 9.84 Å². The van der Waals surface area contributed by atoms with Crippen molar-refractivity contribution < 1.29 is 19.7 Å². The van der Waals surface area contributed by atoms with Crippen LogP contribution < -0.4 is 10.6 Å². The lowest BCUT2D eigenvalue weighted by atomic mass is 10.2. The van der Waals surface area contributed by atoms with E-state index < -0.39 is 17.8 Å². The van der Waals surface area contributed by atoms with E-state index in [1.807, 2.05) is 0 Å². The molecule has 96 valence electrons. The molecule has 0 spiro atoms. The lowest BCUT2D eigenvalue weighted by Crippen LogP contribution is -2.40. The SMILES string of the molecule is CC(C)(C)OC(=O)NCC(O)CNCCO. The number of aliphatic hydroxyl groups excluding tert-OH is 2. The molecule has 0 fully saturated rings. The second-order valence-corrected chi connectivity index (χ2v) is 4.46. The predicted octanol–water partition coefficient (Wildman–Crippen LogP) is -0.546. The Kier molecular flexibility index (Phi) is 7.03. The Morgan fingerprint density at radius 2 is 2.00 bits per heavy atom. The molecule has 0 radical (unpaired) electrons. The van der Waals surface area contributed by atoms with Crippen LogP contribution in [0.5, 0.6) is 0 Å². The monoisotopic (exact) mass is 234 g/mol. The summed E-state index contributed by atoms with van der Waals surface area (Å²) in [5, 5.41) is 23.2. The van der Waals surface area contributed by atoms with Crippen molar-refractivity contribution >= 4 is 6.09 Å². The Labute approximate surface area is 96.0 Å². The topological polar surface area (TPSA) is 90.8 Å². The molecule has 0 saturated heterocycles. The van der Waals surface area contributed by atoms with Crippen LogP contribution in [0.25, 0.3) is 0 Å². The van der Waals surface area contributed by atoms with Gasteiger partial charge in [0.25, 0.3) is 0 Å². The van der Waals surface area contributed by atoms with Gasteiger partial charge >= 0.3 is 6.09 Å². The molecular formula is C10H22N2O4. The van der Waals surface area contributed by atoms with Gasteiger partial charge in [0.05, 0.1) is 12.7 Å². The lowest BCUT2D eigenvalue weighted by Gasteiger charge is -2.20. The Balaban J connectivity index is 3.59. The highest BCUT2D eigenvalue weighted by Gasteiger charge is 2.16. The van der Waals surface area contributed by atoms with Gasteiger partial charge < -0.3 is 25.6 Å². The summed E-state index contributed by atoms with van der Waals surface area (Å²) in [6.07, 6.45) is -1.24. The number of alkyl carbamates (subject to hydrolysis) is 1. The second kappa shape index (κ2) is 7.43. The van der Waals surface area contributed by atoms with Crippen LogP contribution in [-0.2, 0) is 4.74 Å². The molecule has 0 saturated carbocycles. The minimum atomic E-state index is -0.695. The number of hydrogen-bond acceptors (Lipinski definition) is 5. The van der Waals surface area contributed by atoms with E-state index in [0.717, 1.165) is 0 Å². The summed E-state index contributed by atoms with van der Waals surface area (Å²) < 4.78 is 4.99. The molecule has 1 amide bonds. The first-order valence-corrected chi connectivity index (χ1v) is 5.31. The maximum Gasteiger partial charge on any atom is 0.407 e. The number of aliphatic hydroxyl groups is 2. The molecule has 0 aromatic carbocycles. The molecule has 1 unspecified atom stereocenters. The first kappa shape index (κ1) is 15.2. The Hall–Kier alpha value is -0.850. The Bertz CT molecular complexity index is 203. The van der Waals surface area contributed by atoms with Gasteiger partial charge in [0.15, 0.2) is 0 Å². The normalized spacial score (nSPS) is 13.3. The highest BCUT2D eigenvalue weighted by Crippen LogP contribution is 2.06. The fourth-order valence-corrected chi connectivity index (χ4v) is 0.935. The van der Waals surface area contributed by atoms with Gasteiger partial charge in [0.2, 0.25) is 0 Å². The van der Waals surface area contributed by atoms with E-state index in [1.54, 1.807) is 20.8 Å². The zero-order chi connectivity index (χ0) is 12.6. The van der Waals surface area contributed by atoms with Crippen LogP contribution in [0.4, 0.5) is 4.79 Å². The average Bonchev–Trinajstić information content (AvgIpc) is 2.12. The molecule has 6 nitrogen and oxygen atoms in total. The maximum absolute atomic E-state index is 11.2. The fraction of sp³-hybridized carbons (Fsp3) is 0.900. The molecule has 0 aliphatic heterocycles. The molecule has 0 aliphatic carbocycles. The molecule has 4 N–H and O–H groups in total. The molecule has 0 bridgehead atoms. The van der Waals surface area contributed by atoms with E-state index in [0.29, 0.717) is 13.1 Å².